The molecule has 2 amide bonds. The third kappa shape index (κ3) is 3.96. The molecule has 0 bridgehead atoms. The lowest BCUT2D eigenvalue weighted by molar-refractivity contribution is 0.191. The summed E-state index contributed by atoms with van der Waals surface area (Å²) >= 11 is 0. The predicted molar refractivity (Wildman–Crippen MR) is 107 cm³/mol. The van der Waals surface area contributed by atoms with Crippen LogP contribution in [0.5, 0.6) is 5.75 Å². The number of urea groups is 1. The average molecular weight is 374 g/mol. The first kappa shape index (κ1) is 18.0. The first-order chi connectivity index (χ1) is 13.7. The van der Waals surface area contributed by atoms with Gasteiger partial charge >= 0.3 is 6.03 Å². The molecule has 0 saturated carbocycles. The number of rotatable bonds is 4. The predicted octanol–water partition coefficient (Wildman–Crippen LogP) is 3.42. The van der Waals surface area contributed by atoms with Gasteiger partial charge in [0.05, 0.1) is 19.3 Å². The van der Waals surface area contributed by atoms with Crippen molar-refractivity contribution in [2.24, 2.45) is 0 Å². The Balaban J connectivity index is 1.40. The van der Waals surface area contributed by atoms with Crippen LogP contribution in [-0.4, -0.2) is 34.6 Å². The van der Waals surface area contributed by atoms with E-state index in [0.717, 1.165) is 40.4 Å². The summed E-state index contributed by atoms with van der Waals surface area (Å²) in [6.07, 6.45) is 2.57. The minimum absolute atomic E-state index is 0.0828. The largest absolute Gasteiger partial charge is 0.497 e. The third-order valence-electron chi connectivity index (χ3n) is 4.83. The molecule has 0 unspecified atom stereocenters. The second kappa shape index (κ2) is 8.08. The van der Waals surface area contributed by atoms with Gasteiger partial charge in [0.2, 0.25) is 0 Å². The molecule has 4 rings (SSSR count). The topological polar surface area (TPSA) is 67.3 Å². The normalized spacial score (nSPS) is 13.0. The van der Waals surface area contributed by atoms with E-state index < -0.39 is 0 Å². The lowest BCUT2D eigenvalue weighted by Gasteiger charge is -2.28. The van der Waals surface area contributed by atoms with Crippen molar-refractivity contribution < 1.29 is 9.53 Å². The summed E-state index contributed by atoms with van der Waals surface area (Å²) in [7, 11) is 1.63. The average Bonchev–Trinajstić information content (AvgIpc) is 2.77. The molecule has 28 heavy (non-hydrogen) atoms. The highest BCUT2D eigenvalue weighted by Crippen LogP contribution is 2.21. The van der Waals surface area contributed by atoms with Crippen LogP contribution in [0.2, 0.25) is 0 Å². The number of carbonyl (C=O) groups is 1. The Morgan fingerprint density at radius 3 is 2.86 bits per heavy atom. The second-order valence-electron chi connectivity index (χ2n) is 6.71. The van der Waals surface area contributed by atoms with Gasteiger partial charge in [-0.2, -0.15) is 0 Å². The number of carbonyl (C=O) groups excluding carboxylic acids is 1. The van der Waals surface area contributed by atoms with Gasteiger partial charge in [-0.05, 0) is 17.7 Å². The van der Waals surface area contributed by atoms with Crippen molar-refractivity contribution in [1.82, 2.24) is 20.2 Å². The second-order valence-corrected chi connectivity index (χ2v) is 6.71. The molecule has 142 valence electrons. The first-order valence-corrected chi connectivity index (χ1v) is 9.29. The van der Waals surface area contributed by atoms with Gasteiger partial charge in [-0.15, -0.1) is 0 Å². The zero-order chi connectivity index (χ0) is 19.3. The summed E-state index contributed by atoms with van der Waals surface area (Å²) in [6, 6.07) is 17.5. The van der Waals surface area contributed by atoms with Crippen LogP contribution in [0.15, 0.2) is 60.8 Å². The number of hydrogen-bond donors (Lipinski definition) is 1. The molecule has 0 radical (unpaired) electrons. The number of nitrogens with zero attached hydrogens (tertiary/aromatic N) is 3. The number of aromatic nitrogens is 2. The van der Waals surface area contributed by atoms with Crippen molar-refractivity contribution in [3.63, 3.8) is 0 Å². The Hall–Kier alpha value is -3.41. The monoisotopic (exact) mass is 374 g/mol. The molecule has 6 nitrogen and oxygen atoms in total. The summed E-state index contributed by atoms with van der Waals surface area (Å²) in [5.74, 6) is 1.51. The first-order valence-electron chi connectivity index (χ1n) is 9.29. The number of nitrogens with one attached hydrogen (secondary N) is 1. The highest BCUT2D eigenvalue weighted by Gasteiger charge is 2.22. The van der Waals surface area contributed by atoms with Crippen LogP contribution < -0.4 is 10.1 Å². The van der Waals surface area contributed by atoms with Crippen molar-refractivity contribution in [2.75, 3.05) is 13.7 Å². The Morgan fingerprint density at radius 1 is 1.18 bits per heavy atom. The highest BCUT2D eigenvalue weighted by molar-refractivity contribution is 5.74. The van der Waals surface area contributed by atoms with Crippen LogP contribution in [-0.2, 0) is 19.5 Å². The van der Waals surface area contributed by atoms with E-state index in [1.807, 2.05) is 60.8 Å². The van der Waals surface area contributed by atoms with E-state index in [1.165, 1.54) is 0 Å². The quantitative estimate of drug-likeness (QED) is 0.760. The van der Waals surface area contributed by atoms with E-state index in [0.29, 0.717) is 19.6 Å². The molecular weight excluding hydrogens is 352 g/mol. The van der Waals surface area contributed by atoms with Gasteiger partial charge in [0.1, 0.15) is 5.75 Å². The summed E-state index contributed by atoms with van der Waals surface area (Å²) in [4.78, 5) is 23.6. The van der Waals surface area contributed by atoms with Crippen LogP contribution in [0.3, 0.4) is 0 Å². The summed E-state index contributed by atoms with van der Waals surface area (Å²) in [5.41, 5.74) is 4.03. The molecular formula is C22H22N4O2. The highest BCUT2D eigenvalue weighted by atomic mass is 16.5. The molecule has 1 N–H and O–H groups in total. The smallest absolute Gasteiger partial charge is 0.317 e. The standard InChI is InChI=1S/C22H22N4O2/c1-28-19-9-5-6-16(12-19)13-24-22(27)26-11-10-20-18(15-26)14-23-21(25-20)17-7-3-2-4-8-17/h2-9,12,14H,10-11,13,15H2,1H3,(H,24,27). The molecule has 2 aromatic carbocycles. The molecule has 1 aliphatic heterocycles. The molecule has 6 heteroatoms. The summed E-state index contributed by atoms with van der Waals surface area (Å²) in [5, 5.41) is 2.98. The van der Waals surface area contributed by atoms with E-state index in [2.05, 4.69) is 10.3 Å². The van der Waals surface area contributed by atoms with Gasteiger partial charge in [-0.1, -0.05) is 42.5 Å². The maximum atomic E-state index is 12.6. The number of fused-ring (bicyclic) bond motifs is 1. The van der Waals surface area contributed by atoms with E-state index in [4.69, 9.17) is 9.72 Å². The number of benzene rings is 2. The zero-order valence-corrected chi connectivity index (χ0v) is 15.8. The van der Waals surface area contributed by atoms with Gasteiger partial charge in [-0.3, -0.25) is 0 Å². The van der Waals surface area contributed by atoms with E-state index in [1.54, 1.807) is 12.0 Å². The van der Waals surface area contributed by atoms with Crippen LogP contribution in [0.25, 0.3) is 11.4 Å². The van der Waals surface area contributed by atoms with E-state index in [-0.39, 0.29) is 6.03 Å². The lowest BCUT2D eigenvalue weighted by Crippen LogP contribution is -2.42. The molecule has 1 aromatic heterocycles. The van der Waals surface area contributed by atoms with Gasteiger partial charge in [0.15, 0.2) is 5.82 Å². The van der Waals surface area contributed by atoms with Crippen molar-refractivity contribution >= 4 is 6.03 Å². The molecule has 2 heterocycles. The molecule has 0 atom stereocenters. The van der Waals surface area contributed by atoms with Gasteiger partial charge < -0.3 is 15.0 Å². The molecule has 0 saturated heterocycles. The Morgan fingerprint density at radius 2 is 2.04 bits per heavy atom. The SMILES string of the molecule is COc1cccc(CNC(=O)N2CCc3nc(-c4ccccc4)ncc3C2)c1. The fourth-order valence-electron chi connectivity index (χ4n) is 3.29. The molecule has 3 aromatic rings. The van der Waals surface area contributed by atoms with Crippen LogP contribution >= 0.6 is 0 Å². The number of ether oxygens (including phenoxy) is 1. The Kier molecular flexibility index (Phi) is 5.19. The minimum Gasteiger partial charge on any atom is -0.497 e. The van der Waals surface area contributed by atoms with Crippen LogP contribution in [0.4, 0.5) is 4.79 Å². The van der Waals surface area contributed by atoms with Crippen LogP contribution in [0.1, 0.15) is 16.8 Å². The molecule has 0 aliphatic carbocycles. The van der Waals surface area contributed by atoms with E-state index in [9.17, 15) is 4.79 Å². The third-order valence-corrected chi connectivity index (χ3v) is 4.83. The van der Waals surface area contributed by atoms with E-state index >= 15 is 0 Å². The van der Waals surface area contributed by atoms with Crippen molar-refractivity contribution in [2.45, 2.75) is 19.5 Å². The van der Waals surface area contributed by atoms with Crippen molar-refractivity contribution in [3.05, 3.63) is 77.6 Å². The van der Waals surface area contributed by atoms with Crippen molar-refractivity contribution in [1.29, 1.82) is 0 Å². The lowest BCUT2D eigenvalue weighted by atomic mass is 10.1. The van der Waals surface area contributed by atoms with Gasteiger partial charge in [0, 0.05) is 36.8 Å². The van der Waals surface area contributed by atoms with Gasteiger partial charge in [0.25, 0.3) is 0 Å². The molecule has 0 spiro atoms. The summed E-state index contributed by atoms with van der Waals surface area (Å²) in [6.45, 7) is 1.62. The number of amides is 2. The zero-order valence-electron chi connectivity index (χ0n) is 15.8. The Labute approximate surface area is 164 Å². The van der Waals surface area contributed by atoms with Crippen LogP contribution in [0, 0.1) is 0 Å². The molecule has 1 aliphatic rings. The van der Waals surface area contributed by atoms with Gasteiger partial charge in [-0.25, -0.2) is 14.8 Å². The summed E-state index contributed by atoms with van der Waals surface area (Å²) < 4.78 is 5.22. The minimum atomic E-state index is -0.0828. The maximum Gasteiger partial charge on any atom is 0.317 e. The molecule has 0 fully saturated rings. The van der Waals surface area contributed by atoms with Crippen molar-refractivity contribution in [3.8, 4) is 17.1 Å². The number of hydrogen-bond acceptors (Lipinski definition) is 4. The number of methoxy groups -OCH3 is 1. The Bertz CT molecular complexity index is 975. The maximum absolute atomic E-state index is 12.6. The fourth-order valence-corrected chi connectivity index (χ4v) is 3.29. The fraction of sp³-hybridized carbons (Fsp3) is 0.227.